The molecule has 1 heterocycles. The lowest BCUT2D eigenvalue weighted by molar-refractivity contribution is -0.122. The van der Waals surface area contributed by atoms with Crippen molar-refractivity contribution in [1.29, 1.82) is 0 Å². The topological polar surface area (TPSA) is 40.6 Å². The van der Waals surface area contributed by atoms with Crippen LogP contribution < -0.4 is 4.90 Å². The van der Waals surface area contributed by atoms with Gasteiger partial charge in [-0.1, -0.05) is 30.1 Å². The van der Waals surface area contributed by atoms with Crippen LogP contribution in [0.4, 0.5) is 10.5 Å². The summed E-state index contributed by atoms with van der Waals surface area (Å²) in [6.07, 6.45) is 0. The van der Waals surface area contributed by atoms with Gasteiger partial charge in [-0.3, -0.25) is 4.79 Å². The Hall–Kier alpha value is -1.26. The third-order valence-electron chi connectivity index (χ3n) is 3.09. The predicted molar refractivity (Wildman–Crippen MR) is 75.8 cm³/mol. The van der Waals surface area contributed by atoms with E-state index in [1.807, 2.05) is 6.92 Å². The van der Waals surface area contributed by atoms with E-state index in [9.17, 15) is 9.59 Å². The normalized spacial score (nSPS) is 20.1. The summed E-state index contributed by atoms with van der Waals surface area (Å²) in [7, 11) is 0. The van der Waals surface area contributed by atoms with E-state index in [2.05, 4.69) is 0 Å². The number of carbonyl (C=O) groups is 2. The van der Waals surface area contributed by atoms with Crippen LogP contribution in [0.25, 0.3) is 0 Å². The highest BCUT2D eigenvalue weighted by molar-refractivity contribution is 6.35. The minimum absolute atomic E-state index is 0.229. The van der Waals surface area contributed by atoms with Crippen molar-refractivity contribution >= 4 is 40.8 Å². The fourth-order valence-electron chi connectivity index (χ4n) is 2.11. The largest absolute Gasteiger partial charge is 0.331 e. The molecule has 102 valence electrons. The number of amides is 3. The highest BCUT2D eigenvalue weighted by Gasteiger charge is 2.37. The monoisotopic (exact) mass is 300 g/mol. The Morgan fingerprint density at radius 3 is 2.32 bits per heavy atom. The quantitative estimate of drug-likeness (QED) is 0.840. The lowest BCUT2D eigenvalue weighted by atomic mass is 10.1. The summed E-state index contributed by atoms with van der Waals surface area (Å²) in [4.78, 5) is 27.3. The Labute approximate surface area is 121 Å². The Morgan fingerprint density at radius 1 is 1.21 bits per heavy atom. The molecule has 1 fully saturated rings. The van der Waals surface area contributed by atoms with Gasteiger partial charge in [-0.15, -0.1) is 0 Å². The maximum Gasteiger partial charge on any atom is 0.331 e. The van der Waals surface area contributed by atoms with Gasteiger partial charge in [0.15, 0.2) is 0 Å². The maximum absolute atomic E-state index is 12.3. The summed E-state index contributed by atoms with van der Waals surface area (Å²) >= 11 is 11.8. The second kappa shape index (κ2) is 5.39. The molecule has 0 bridgehead atoms. The van der Waals surface area contributed by atoms with E-state index >= 15 is 0 Å². The van der Waals surface area contributed by atoms with Crippen LogP contribution in [-0.4, -0.2) is 29.9 Å². The number of hydrogen-bond donors (Lipinski definition) is 0. The van der Waals surface area contributed by atoms with E-state index in [4.69, 9.17) is 23.2 Å². The molecule has 3 amide bonds. The lowest BCUT2D eigenvalue weighted by Crippen LogP contribution is -2.56. The van der Waals surface area contributed by atoms with E-state index in [-0.39, 0.29) is 17.9 Å². The fraction of sp³-hybridized carbons (Fsp3) is 0.385. The third-order valence-corrected chi connectivity index (χ3v) is 3.52. The molecule has 19 heavy (non-hydrogen) atoms. The molecule has 1 aliphatic heterocycles. The van der Waals surface area contributed by atoms with Gasteiger partial charge in [0.2, 0.25) is 5.91 Å². The summed E-state index contributed by atoms with van der Waals surface area (Å²) in [5.74, 6) is -0.469. The van der Waals surface area contributed by atoms with Crippen LogP contribution in [0.1, 0.15) is 13.8 Å². The van der Waals surface area contributed by atoms with E-state index in [0.29, 0.717) is 28.8 Å². The molecule has 1 unspecified atom stereocenters. The highest BCUT2D eigenvalue weighted by atomic mass is 35.5. The van der Waals surface area contributed by atoms with Crippen LogP contribution in [0.2, 0.25) is 10.0 Å². The Bertz CT molecular complexity index is 513. The van der Waals surface area contributed by atoms with Gasteiger partial charge < -0.3 is 4.90 Å². The van der Waals surface area contributed by atoms with Gasteiger partial charge in [0.1, 0.15) is 0 Å². The van der Waals surface area contributed by atoms with Gasteiger partial charge in [0, 0.05) is 23.1 Å². The van der Waals surface area contributed by atoms with Crippen molar-refractivity contribution in [3.8, 4) is 0 Å². The summed E-state index contributed by atoms with van der Waals surface area (Å²) in [5, 5.41) is 0.786. The molecule has 0 aliphatic carbocycles. The van der Waals surface area contributed by atoms with Crippen molar-refractivity contribution in [2.45, 2.75) is 13.8 Å². The van der Waals surface area contributed by atoms with Crippen LogP contribution in [0.15, 0.2) is 18.2 Å². The maximum atomic E-state index is 12.3. The van der Waals surface area contributed by atoms with Gasteiger partial charge in [-0.25, -0.2) is 9.69 Å². The number of halogens is 2. The number of rotatable bonds is 2. The van der Waals surface area contributed by atoms with Crippen LogP contribution in [0.5, 0.6) is 0 Å². The van der Waals surface area contributed by atoms with Crippen LogP contribution >= 0.6 is 23.2 Å². The minimum atomic E-state index is -0.330. The Kier molecular flexibility index (Phi) is 4.02. The van der Waals surface area contributed by atoms with E-state index in [1.54, 1.807) is 30.0 Å². The third kappa shape index (κ3) is 2.69. The second-order valence-corrected chi connectivity index (χ2v) is 5.40. The van der Waals surface area contributed by atoms with Gasteiger partial charge in [-0.2, -0.15) is 0 Å². The molecule has 4 nitrogen and oxygen atoms in total. The molecule has 0 aromatic heterocycles. The van der Waals surface area contributed by atoms with Crippen molar-refractivity contribution in [2.24, 2.45) is 5.92 Å². The first-order chi connectivity index (χ1) is 8.93. The lowest BCUT2D eigenvalue weighted by Gasteiger charge is -2.36. The number of urea groups is 1. The molecule has 1 aromatic carbocycles. The molecule has 2 rings (SSSR count). The molecule has 1 aliphatic rings. The SMILES string of the molecule is CCN1CC(C)C(=O)N(c2cc(Cl)cc(Cl)c2)C1=O. The molecule has 1 saturated heterocycles. The van der Waals surface area contributed by atoms with Gasteiger partial charge in [0.25, 0.3) is 0 Å². The average Bonchev–Trinajstić information content (AvgIpc) is 2.33. The number of carbonyl (C=O) groups excluding carboxylic acids is 2. The first kappa shape index (κ1) is 14.2. The zero-order valence-electron chi connectivity index (χ0n) is 10.7. The molecular weight excluding hydrogens is 287 g/mol. The molecule has 0 radical (unpaired) electrons. The van der Waals surface area contributed by atoms with Crippen LogP contribution in [0.3, 0.4) is 0 Å². The van der Waals surface area contributed by atoms with Crippen molar-refractivity contribution in [1.82, 2.24) is 4.90 Å². The fourth-order valence-corrected chi connectivity index (χ4v) is 2.63. The van der Waals surface area contributed by atoms with E-state index < -0.39 is 0 Å². The zero-order chi connectivity index (χ0) is 14.2. The van der Waals surface area contributed by atoms with Crippen LogP contribution in [-0.2, 0) is 4.79 Å². The first-order valence-corrected chi connectivity index (χ1v) is 6.78. The number of nitrogens with zero attached hydrogens (tertiary/aromatic N) is 2. The Morgan fingerprint density at radius 2 is 1.79 bits per heavy atom. The molecular formula is C13H14Cl2N2O2. The second-order valence-electron chi connectivity index (χ2n) is 4.52. The average molecular weight is 301 g/mol. The van der Waals surface area contributed by atoms with Crippen LogP contribution in [0, 0.1) is 5.92 Å². The highest BCUT2D eigenvalue weighted by Crippen LogP contribution is 2.29. The minimum Gasteiger partial charge on any atom is -0.323 e. The molecule has 0 N–H and O–H groups in total. The van der Waals surface area contributed by atoms with Crippen molar-refractivity contribution in [3.63, 3.8) is 0 Å². The zero-order valence-corrected chi connectivity index (χ0v) is 12.2. The van der Waals surface area contributed by atoms with Crippen molar-refractivity contribution in [2.75, 3.05) is 18.0 Å². The first-order valence-electron chi connectivity index (χ1n) is 6.03. The van der Waals surface area contributed by atoms with Crippen molar-refractivity contribution < 1.29 is 9.59 Å². The Balaban J connectivity index is 2.44. The van der Waals surface area contributed by atoms with Gasteiger partial charge >= 0.3 is 6.03 Å². The number of anilines is 1. The van der Waals surface area contributed by atoms with Gasteiger partial charge in [0.05, 0.1) is 11.6 Å². The summed E-state index contributed by atoms with van der Waals surface area (Å²) in [6.45, 7) is 4.68. The standard InChI is InChI=1S/C13H14Cl2N2O2/c1-3-16-7-8(2)12(18)17(13(16)19)11-5-9(14)4-10(15)6-11/h4-6,8H,3,7H2,1-2H3. The molecule has 0 spiro atoms. The summed E-state index contributed by atoms with van der Waals surface area (Å²) in [5.41, 5.74) is 0.414. The summed E-state index contributed by atoms with van der Waals surface area (Å²) < 4.78 is 0. The predicted octanol–water partition coefficient (Wildman–Crippen LogP) is 3.42. The smallest absolute Gasteiger partial charge is 0.323 e. The van der Waals surface area contributed by atoms with E-state index in [0.717, 1.165) is 4.90 Å². The molecule has 0 saturated carbocycles. The van der Waals surface area contributed by atoms with E-state index in [1.165, 1.54) is 0 Å². The molecule has 1 aromatic rings. The van der Waals surface area contributed by atoms with Gasteiger partial charge in [-0.05, 0) is 25.1 Å². The van der Waals surface area contributed by atoms with Crippen molar-refractivity contribution in [3.05, 3.63) is 28.2 Å². The number of imide groups is 1. The summed E-state index contributed by atoms with van der Waals surface area (Å²) in [6, 6.07) is 4.36. The number of hydrogen-bond acceptors (Lipinski definition) is 2. The molecule has 6 heteroatoms. The number of benzene rings is 1. The molecule has 1 atom stereocenters.